The highest BCUT2D eigenvalue weighted by molar-refractivity contribution is 7.92. The molecule has 0 saturated heterocycles. The van der Waals surface area contributed by atoms with Gasteiger partial charge < -0.3 is 4.74 Å². The molecule has 0 N–H and O–H groups in total. The first-order chi connectivity index (χ1) is 8.41. The Balaban J connectivity index is 3.33. The van der Waals surface area contributed by atoms with Crippen LogP contribution in [-0.4, -0.2) is 34.3 Å². The maximum atomic E-state index is 11.8. The Hall–Kier alpha value is -1.56. The molecular weight excluding hydrogens is 254 g/mol. The maximum Gasteiger partial charge on any atom is 0.340 e. The molecule has 0 amide bonds. The lowest BCUT2D eigenvalue weighted by molar-refractivity contribution is 0.0601. The van der Waals surface area contributed by atoms with E-state index in [-0.39, 0.29) is 5.56 Å². The number of anilines is 1. The quantitative estimate of drug-likeness (QED) is 0.764. The molecule has 0 aliphatic carbocycles. The van der Waals surface area contributed by atoms with E-state index in [4.69, 9.17) is 0 Å². The lowest BCUT2D eigenvalue weighted by Crippen LogP contribution is -2.32. The van der Waals surface area contributed by atoms with Crippen LogP contribution in [0.3, 0.4) is 0 Å². The number of sulfonamides is 1. The molecule has 18 heavy (non-hydrogen) atoms. The first-order valence-electron chi connectivity index (χ1n) is 5.56. The van der Waals surface area contributed by atoms with Crippen molar-refractivity contribution in [1.29, 1.82) is 0 Å². The summed E-state index contributed by atoms with van der Waals surface area (Å²) in [6, 6.07) is 6.51. The number of nitrogens with zero attached hydrogens (tertiary/aromatic N) is 1. The van der Waals surface area contributed by atoms with Gasteiger partial charge in [-0.15, -0.1) is 0 Å². The van der Waals surface area contributed by atoms with Gasteiger partial charge in [-0.2, -0.15) is 0 Å². The third-order valence-corrected chi connectivity index (χ3v) is 3.59. The van der Waals surface area contributed by atoms with Crippen molar-refractivity contribution in [2.45, 2.75) is 13.3 Å². The summed E-state index contributed by atoms with van der Waals surface area (Å²) >= 11 is 0. The van der Waals surface area contributed by atoms with Gasteiger partial charge in [0.05, 0.1) is 24.6 Å². The van der Waals surface area contributed by atoms with E-state index in [1.165, 1.54) is 11.4 Å². The van der Waals surface area contributed by atoms with Crippen molar-refractivity contribution in [3.63, 3.8) is 0 Å². The molecule has 0 atom stereocenters. The van der Waals surface area contributed by atoms with Crippen LogP contribution in [0.1, 0.15) is 23.7 Å². The molecule has 0 bridgehead atoms. The number of methoxy groups -OCH3 is 1. The van der Waals surface area contributed by atoms with E-state index < -0.39 is 16.0 Å². The molecule has 1 aromatic rings. The highest BCUT2D eigenvalue weighted by Crippen LogP contribution is 2.23. The third-order valence-electron chi connectivity index (χ3n) is 2.41. The van der Waals surface area contributed by atoms with Gasteiger partial charge in [0.2, 0.25) is 10.0 Å². The lowest BCUT2D eigenvalue weighted by atomic mass is 10.2. The van der Waals surface area contributed by atoms with E-state index in [9.17, 15) is 13.2 Å². The van der Waals surface area contributed by atoms with Gasteiger partial charge in [0, 0.05) is 6.54 Å². The average Bonchev–Trinajstić information content (AvgIpc) is 2.33. The zero-order chi connectivity index (χ0) is 13.8. The summed E-state index contributed by atoms with van der Waals surface area (Å²) < 4.78 is 29.4. The zero-order valence-electron chi connectivity index (χ0n) is 10.7. The van der Waals surface area contributed by atoms with Gasteiger partial charge in [-0.05, 0) is 18.6 Å². The summed E-state index contributed by atoms with van der Waals surface area (Å²) in [5.41, 5.74) is 0.604. The number of para-hydroxylation sites is 1. The van der Waals surface area contributed by atoms with Gasteiger partial charge in [-0.1, -0.05) is 19.1 Å². The Bertz CT molecular complexity index is 525. The van der Waals surface area contributed by atoms with Crippen molar-refractivity contribution in [2.24, 2.45) is 0 Å². The molecule has 0 unspecified atom stereocenters. The molecule has 0 aliphatic heterocycles. The van der Waals surface area contributed by atoms with Gasteiger partial charge in [0.15, 0.2) is 0 Å². The minimum absolute atomic E-state index is 0.249. The van der Waals surface area contributed by atoms with E-state index >= 15 is 0 Å². The fraction of sp³-hybridized carbons (Fsp3) is 0.417. The molecule has 0 saturated carbocycles. The number of carbonyl (C=O) groups excluding carboxylic acids is 1. The SMILES string of the molecule is CCCN(c1ccccc1C(=O)OC)S(C)(=O)=O. The van der Waals surface area contributed by atoms with Crippen molar-refractivity contribution >= 4 is 21.7 Å². The van der Waals surface area contributed by atoms with E-state index in [1.807, 2.05) is 6.92 Å². The van der Waals surface area contributed by atoms with Crippen molar-refractivity contribution < 1.29 is 17.9 Å². The smallest absolute Gasteiger partial charge is 0.340 e. The second-order valence-electron chi connectivity index (χ2n) is 3.84. The standard InChI is InChI=1S/C12H17NO4S/c1-4-9-13(18(3,15)16)11-8-6-5-7-10(11)12(14)17-2/h5-8H,4,9H2,1-3H3. The molecule has 0 aliphatic rings. The minimum Gasteiger partial charge on any atom is -0.465 e. The molecule has 0 radical (unpaired) electrons. The van der Waals surface area contributed by atoms with Crippen LogP contribution in [0, 0.1) is 0 Å². The maximum absolute atomic E-state index is 11.8. The molecule has 0 fully saturated rings. The second kappa shape index (κ2) is 5.86. The van der Waals surface area contributed by atoms with Gasteiger partial charge in [-0.3, -0.25) is 4.31 Å². The van der Waals surface area contributed by atoms with Crippen LogP contribution in [-0.2, 0) is 14.8 Å². The number of ether oxygens (including phenoxy) is 1. The molecule has 0 spiro atoms. The van der Waals surface area contributed by atoms with E-state index in [0.29, 0.717) is 18.7 Å². The van der Waals surface area contributed by atoms with Crippen molar-refractivity contribution in [2.75, 3.05) is 24.2 Å². The second-order valence-corrected chi connectivity index (χ2v) is 5.75. The fourth-order valence-electron chi connectivity index (χ4n) is 1.64. The molecule has 100 valence electrons. The Morgan fingerprint density at radius 2 is 1.94 bits per heavy atom. The van der Waals surface area contributed by atoms with Crippen LogP contribution in [0.5, 0.6) is 0 Å². The van der Waals surface area contributed by atoms with Crippen LogP contribution < -0.4 is 4.31 Å². The summed E-state index contributed by atoms with van der Waals surface area (Å²) in [7, 11) is -2.15. The molecule has 1 aromatic carbocycles. The Labute approximate surface area is 107 Å². The Kier molecular flexibility index (Phi) is 4.72. The van der Waals surface area contributed by atoms with Crippen molar-refractivity contribution in [3.8, 4) is 0 Å². The molecular formula is C12H17NO4S. The van der Waals surface area contributed by atoms with Crippen LogP contribution in [0.25, 0.3) is 0 Å². The summed E-state index contributed by atoms with van der Waals surface area (Å²) in [6.45, 7) is 2.20. The predicted octanol–water partition coefficient (Wildman–Crippen LogP) is 1.65. The van der Waals surface area contributed by atoms with Crippen molar-refractivity contribution in [3.05, 3.63) is 29.8 Å². The Morgan fingerprint density at radius 3 is 2.44 bits per heavy atom. The summed E-state index contributed by atoms with van der Waals surface area (Å²) in [6.07, 6.45) is 1.78. The lowest BCUT2D eigenvalue weighted by Gasteiger charge is -2.23. The third kappa shape index (κ3) is 3.22. The molecule has 0 aromatic heterocycles. The van der Waals surface area contributed by atoms with Crippen LogP contribution >= 0.6 is 0 Å². The van der Waals surface area contributed by atoms with Crippen molar-refractivity contribution in [1.82, 2.24) is 0 Å². The van der Waals surface area contributed by atoms with Gasteiger partial charge >= 0.3 is 5.97 Å². The molecule has 6 heteroatoms. The van der Waals surface area contributed by atoms with E-state index in [1.54, 1.807) is 24.3 Å². The predicted molar refractivity (Wildman–Crippen MR) is 70.3 cm³/mol. The number of benzene rings is 1. The summed E-state index contributed by atoms with van der Waals surface area (Å²) in [4.78, 5) is 11.6. The van der Waals surface area contributed by atoms with Crippen LogP contribution in [0.2, 0.25) is 0 Å². The molecule has 1 rings (SSSR count). The van der Waals surface area contributed by atoms with E-state index in [2.05, 4.69) is 4.74 Å². The number of carbonyl (C=O) groups is 1. The minimum atomic E-state index is -3.42. The summed E-state index contributed by atoms with van der Waals surface area (Å²) in [5.74, 6) is -0.546. The topological polar surface area (TPSA) is 63.7 Å². The summed E-state index contributed by atoms with van der Waals surface area (Å²) in [5, 5.41) is 0. The van der Waals surface area contributed by atoms with E-state index in [0.717, 1.165) is 6.26 Å². The largest absolute Gasteiger partial charge is 0.465 e. The van der Waals surface area contributed by atoms with Crippen LogP contribution in [0.15, 0.2) is 24.3 Å². The number of hydrogen-bond acceptors (Lipinski definition) is 4. The van der Waals surface area contributed by atoms with Gasteiger partial charge in [-0.25, -0.2) is 13.2 Å². The molecule has 5 nitrogen and oxygen atoms in total. The highest BCUT2D eigenvalue weighted by Gasteiger charge is 2.22. The number of rotatable bonds is 5. The zero-order valence-corrected chi connectivity index (χ0v) is 11.5. The van der Waals surface area contributed by atoms with Gasteiger partial charge in [0.1, 0.15) is 0 Å². The normalized spacial score (nSPS) is 11.1. The highest BCUT2D eigenvalue weighted by atomic mass is 32.2. The first kappa shape index (κ1) is 14.5. The molecule has 0 heterocycles. The van der Waals surface area contributed by atoms with Crippen LogP contribution in [0.4, 0.5) is 5.69 Å². The first-order valence-corrected chi connectivity index (χ1v) is 7.41. The average molecular weight is 271 g/mol. The monoisotopic (exact) mass is 271 g/mol. The number of hydrogen-bond donors (Lipinski definition) is 0. The number of esters is 1. The van der Waals surface area contributed by atoms with Gasteiger partial charge in [0.25, 0.3) is 0 Å². The Morgan fingerprint density at radius 1 is 1.33 bits per heavy atom. The fourth-order valence-corrected chi connectivity index (χ4v) is 2.67.